The van der Waals surface area contributed by atoms with Gasteiger partial charge in [0.2, 0.25) is 0 Å². The molecular formula is C22H14ClNO3. The van der Waals surface area contributed by atoms with Crippen LogP contribution in [0.5, 0.6) is 5.75 Å². The van der Waals surface area contributed by atoms with Crippen molar-refractivity contribution in [1.29, 1.82) is 0 Å². The van der Waals surface area contributed by atoms with Gasteiger partial charge in [-0.25, -0.2) is 0 Å². The Morgan fingerprint density at radius 1 is 0.889 bits per heavy atom. The first kappa shape index (κ1) is 17.1. The second-order valence-electron chi connectivity index (χ2n) is 6.14. The maximum absolute atomic E-state index is 12.7. The van der Waals surface area contributed by atoms with Crippen molar-refractivity contribution in [2.24, 2.45) is 0 Å². The largest absolute Gasteiger partial charge is 0.506 e. The normalized spacial score (nSPS) is 10.9. The minimum Gasteiger partial charge on any atom is -0.506 e. The Balaban J connectivity index is 1.86. The Labute approximate surface area is 159 Å². The summed E-state index contributed by atoms with van der Waals surface area (Å²) in [6.07, 6.45) is 0. The van der Waals surface area contributed by atoms with Gasteiger partial charge >= 0.3 is 0 Å². The van der Waals surface area contributed by atoms with Crippen molar-refractivity contribution in [3.05, 3.63) is 99.3 Å². The molecule has 0 saturated carbocycles. The molecule has 0 unspecified atom stereocenters. The highest BCUT2D eigenvalue weighted by Gasteiger charge is 2.16. The highest BCUT2D eigenvalue weighted by Crippen LogP contribution is 2.33. The van der Waals surface area contributed by atoms with E-state index in [0.717, 1.165) is 0 Å². The van der Waals surface area contributed by atoms with E-state index in [0.29, 0.717) is 32.6 Å². The molecule has 4 rings (SSSR count). The van der Waals surface area contributed by atoms with Crippen molar-refractivity contribution in [3.63, 3.8) is 0 Å². The zero-order chi connectivity index (χ0) is 19.0. The molecule has 132 valence electrons. The Hall–Kier alpha value is -3.37. The summed E-state index contributed by atoms with van der Waals surface area (Å²) >= 11 is 5.95. The first-order valence-electron chi connectivity index (χ1n) is 8.29. The molecule has 0 amide bonds. The van der Waals surface area contributed by atoms with Crippen LogP contribution in [-0.2, 0) is 0 Å². The van der Waals surface area contributed by atoms with Gasteiger partial charge in [0.25, 0.3) is 5.56 Å². The van der Waals surface area contributed by atoms with Crippen molar-refractivity contribution < 1.29 is 9.90 Å². The van der Waals surface area contributed by atoms with E-state index in [1.807, 2.05) is 6.07 Å². The predicted molar refractivity (Wildman–Crippen MR) is 107 cm³/mol. The van der Waals surface area contributed by atoms with Gasteiger partial charge in [0, 0.05) is 21.5 Å². The summed E-state index contributed by atoms with van der Waals surface area (Å²) in [5.41, 5.74) is 1.58. The number of aromatic amines is 1. The van der Waals surface area contributed by atoms with Crippen molar-refractivity contribution in [1.82, 2.24) is 4.98 Å². The summed E-state index contributed by atoms with van der Waals surface area (Å²) in [4.78, 5) is 28.0. The number of hydrogen-bond donors (Lipinski definition) is 2. The van der Waals surface area contributed by atoms with Crippen LogP contribution in [0.15, 0.2) is 77.6 Å². The molecule has 1 heterocycles. The van der Waals surface area contributed by atoms with Gasteiger partial charge in [0.1, 0.15) is 5.75 Å². The lowest BCUT2D eigenvalue weighted by atomic mass is 9.97. The average molecular weight is 376 g/mol. The molecule has 3 aromatic carbocycles. The highest BCUT2D eigenvalue weighted by molar-refractivity contribution is 6.31. The molecule has 4 nitrogen and oxygen atoms in total. The summed E-state index contributed by atoms with van der Waals surface area (Å²) in [6.45, 7) is 0. The monoisotopic (exact) mass is 375 g/mol. The number of ketones is 1. The molecule has 0 aliphatic rings. The molecule has 0 fully saturated rings. The molecule has 0 bridgehead atoms. The van der Waals surface area contributed by atoms with Gasteiger partial charge in [0.05, 0.1) is 11.1 Å². The number of carbonyl (C=O) groups excluding carboxylic acids is 1. The molecule has 2 N–H and O–H groups in total. The van der Waals surface area contributed by atoms with Gasteiger partial charge in [-0.1, -0.05) is 60.1 Å². The molecular weight excluding hydrogens is 362 g/mol. The van der Waals surface area contributed by atoms with Crippen LogP contribution in [0.2, 0.25) is 5.02 Å². The molecule has 0 radical (unpaired) electrons. The number of H-pyrrole nitrogens is 1. The van der Waals surface area contributed by atoms with Crippen LogP contribution in [0.3, 0.4) is 0 Å². The van der Waals surface area contributed by atoms with Crippen LogP contribution in [0.1, 0.15) is 15.9 Å². The first-order chi connectivity index (χ1) is 13.0. The van der Waals surface area contributed by atoms with E-state index in [1.165, 1.54) is 0 Å². The Morgan fingerprint density at radius 2 is 1.63 bits per heavy atom. The summed E-state index contributed by atoms with van der Waals surface area (Å²) in [5, 5.41) is 11.6. The van der Waals surface area contributed by atoms with E-state index in [9.17, 15) is 14.7 Å². The molecule has 0 atom stereocenters. The Bertz CT molecular complexity index is 1230. The molecule has 27 heavy (non-hydrogen) atoms. The topological polar surface area (TPSA) is 70.2 Å². The zero-order valence-corrected chi connectivity index (χ0v) is 14.8. The number of halogens is 1. The molecule has 0 saturated heterocycles. The van der Waals surface area contributed by atoms with E-state index >= 15 is 0 Å². The van der Waals surface area contributed by atoms with Crippen LogP contribution in [0, 0.1) is 0 Å². The van der Waals surface area contributed by atoms with Gasteiger partial charge < -0.3 is 10.1 Å². The predicted octanol–water partition coefficient (Wildman–Crippen LogP) is 4.79. The van der Waals surface area contributed by atoms with Gasteiger partial charge in [-0.05, 0) is 29.8 Å². The van der Waals surface area contributed by atoms with Crippen molar-refractivity contribution in [2.75, 3.05) is 0 Å². The van der Waals surface area contributed by atoms with Crippen LogP contribution in [0.4, 0.5) is 0 Å². The van der Waals surface area contributed by atoms with Gasteiger partial charge in [0.15, 0.2) is 5.78 Å². The zero-order valence-electron chi connectivity index (χ0n) is 14.1. The fraction of sp³-hybridized carbons (Fsp3) is 0. The lowest BCUT2D eigenvalue weighted by Gasteiger charge is -2.09. The second-order valence-corrected chi connectivity index (χ2v) is 6.58. The van der Waals surface area contributed by atoms with Gasteiger partial charge in [-0.2, -0.15) is 0 Å². The molecule has 0 aliphatic carbocycles. The van der Waals surface area contributed by atoms with Crippen molar-refractivity contribution in [2.45, 2.75) is 0 Å². The van der Waals surface area contributed by atoms with E-state index in [1.54, 1.807) is 66.7 Å². The number of hydrogen-bond acceptors (Lipinski definition) is 3. The molecule has 5 heteroatoms. The Morgan fingerprint density at radius 3 is 2.41 bits per heavy atom. The highest BCUT2D eigenvalue weighted by atomic mass is 35.5. The van der Waals surface area contributed by atoms with E-state index < -0.39 is 5.56 Å². The molecule has 0 aliphatic heterocycles. The SMILES string of the molecule is O=C(c1ccccc1)c1cccc(-c2c(O)c3ccc(Cl)cc3[nH]c2=O)c1. The molecule has 0 spiro atoms. The number of pyridine rings is 1. The maximum atomic E-state index is 12.7. The minimum absolute atomic E-state index is 0.118. The molecule has 4 aromatic rings. The third-order valence-corrected chi connectivity index (χ3v) is 4.63. The fourth-order valence-corrected chi connectivity index (χ4v) is 3.27. The number of benzene rings is 3. The summed E-state index contributed by atoms with van der Waals surface area (Å²) in [5.74, 6) is -0.296. The minimum atomic E-state index is -0.452. The standard InChI is InChI=1S/C22H14ClNO3/c23-16-9-10-17-18(12-16)24-22(27)19(21(17)26)14-7-4-8-15(11-14)20(25)13-5-2-1-3-6-13/h1-12H,(H2,24,26,27). The maximum Gasteiger partial charge on any atom is 0.260 e. The van der Waals surface area contributed by atoms with E-state index in [2.05, 4.69) is 4.98 Å². The van der Waals surface area contributed by atoms with Crippen molar-refractivity contribution >= 4 is 28.3 Å². The Kier molecular flexibility index (Phi) is 4.26. The third kappa shape index (κ3) is 3.11. The quantitative estimate of drug-likeness (QED) is 0.506. The van der Waals surface area contributed by atoms with Crippen LogP contribution in [-0.4, -0.2) is 15.9 Å². The molecule has 1 aromatic heterocycles. The lowest BCUT2D eigenvalue weighted by Crippen LogP contribution is -2.10. The summed E-state index contributed by atoms with van der Waals surface area (Å²) in [6, 6.07) is 20.4. The van der Waals surface area contributed by atoms with Crippen LogP contribution in [0.25, 0.3) is 22.0 Å². The van der Waals surface area contributed by atoms with Crippen LogP contribution >= 0.6 is 11.6 Å². The third-order valence-electron chi connectivity index (χ3n) is 4.40. The van der Waals surface area contributed by atoms with Gasteiger partial charge in [-0.3, -0.25) is 9.59 Å². The van der Waals surface area contributed by atoms with E-state index in [4.69, 9.17) is 11.6 Å². The number of carbonyl (C=O) groups is 1. The second kappa shape index (κ2) is 6.74. The van der Waals surface area contributed by atoms with Gasteiger partial charge in [-0.15, -0.1) is 0 Å². The number of rotatable bonds is 3. The van der Waals surface area contributed by atoms with Crippen molar-refractivity contribution in [3.8, 4) is 16.9 Å². The van der Waals surface area contributed by atoms with Crippen LogP contribution < -0.4 is 5.56 Å². The fourth-order valence-electron chi connectivity index (χ4n) is 3.09. The number of aromatic nitrogens is 1. The lowest BCUT2D eigenvalue weighted by molar-refractivity contribution is 0.103. The smallest absolute Gasteiger partial charge is 0.260 e. The van der Waals surface area contributed by atoms with E-state index in [-0.39, 0.29) is 17.1 Å². The summed E-state index contributed by atoms with van der Waals surface area (Å²) in [7, 11) is 0. The first-order valence-corrected chi connectivity index (χ1v) is 8.67. The average Bonchev–Trinajstić information content (AvgIpc) is 2.68. The number of nitrogens with one attached hydrogen (secondary N) is 1. The number of aromatic hydroxyl groups is 1. The summed E-state index contributed by atoms with van der Waals surface area (Å²) < 4.78 is 0. The number of fused-ring (bicyclic) bond motifs is 1.